The number of aryl methyl sites for hydroxylation is 1. The number of hydrogen-bond donors (Lipinski definition) is 1. The second kappa shape index (κ2) is 10.8. The summed E-state index contributed by atoms with van der Waals surface area (Å²) < 4.78 is 7.46. The Morgan fingerprint density at radius 3 is 1.98 bits per heavy atom. The van der Waals surface area contributed by atoms with E-state index in [0.29, 0.717) is 0 Å². The van der Waals surface area contributed by atoms with E-state index in [0.717, 1.165) is 47.2 Å². The Morgan fingerprint density at radius 1 is 0.810 bits per heavy atom. The molecule has 0 amide bonds. The summed E-state index contributed by atoms with van der Waals surface area (Å²) in [5.74, 6) is 0. The molecule has 0 unspecified atom stereocenters. The minimum absolute atomic E-state index is 0.0444. The van der Waals surface area contributed by atoms with Gasteiger partial charge in [-0.15, -0.1) is 0 Å². The zero-order valence-electron chi connectivity index (χ0n) is 25.3. The van der Waals surface area contributed by atoms with Gasteiger partial charge < -0.3 is 9.41 Å². The molecule has 0 saturated carbocycles. The molecule has 214 valence electrons. The first-order valence-corrected chi connectivity index (χ1v) is 16.7. The zero-order valence-corrected chi connectivity index (χ0v) is 26.3. The van der Waals surface area contributed by atoms with Crippen molar-refractivity contribution in [1.82, 2.24) is 9.88 Å². The van der Waals surface area contributed by atoms with Gasteiger partial charge in [-0.2, -0.15) is 0 Å². The molecule has 5 aromatic rings. The molecule has 0 aliphatic carbocycles. The van der Waals surface area contributed by atoms with Gasteiger partial charge in [0.15, 0.2) is 0 Å². The highest BCUT2D eigenvalue weighted by atomic mass is 28.4. The first-order valence-electron chi connectivity index (χ1n) is 14.8. The predicted octanol–water partition coefficient (Wildman–Crippen LogP) is 6.65. The van der Waals surface area contributed by atoms with Gasteiger partial charge in [-0.05, 0) is 63.5 Å². The van der Waals surface area contributed by atoms with Crippen LogP contribution in [-0.4, -0.2) is 36.9 Å². The normalized spacial score (nSPS) is 15.5. The minimum atomic E-state index is -2.61. The van der Waals surface area contributed by atoms with Crippen LogP contribution in [0.5, 0.6) is 0 Å². The largest absolute Gasteiger partial charge is 0.400 e. The van der Waals surface area contributed by atoms with E-state index in [1.807, 2.05) is 25.1 Å². The van der Waals surface area contributed by atoms with Crippen molar-refractivity contribution in [2.24, 2.45) is 0 Å². The van der Waals surface area contributed by atoms with E-state index >= 15 is 0 Å². The first kappa shape index (κ1) is 28.4. The molecule has 1 aliphatic heterocycles. The molecule has 1 saturated heterocycles. The van der Waals surface area contributed by atoms with Crippen molar-refractivity contribution in [1.29, 1.82) is 0 Å². The molecule has 1 aromatic heterocycles. The van der Waals surface area contributed by atoms with Crippen LogP contribution < -0.4 is 15.9 Å². The number of fused-ring (bicyclic) bond motifs is 1. The number of H-pyrrole nitrogens is 1. The van der Waals surface area contributed by atoms with E-state index in [1.165, 1.54) is 15.9 Å². The molecule has 1 N–H and O–H groups in total. The second-order valence-electron chi connectivity index (χ2n) is 13.1. The molecule has 1 fully saturated rings. The molecule has 1 aliphatic rings. The maximum absolute atomic E-state index is 12.7. The minimum Gasteiger partial charge on any atom is -0.400 e. The highest BCUT2D eigenvalue weighted by molar-refractivity contribution is 6.99. The van der Waals surface area contributed by atoms with Gasteiger partial charge in [-0.3, -0.25) is 9.69 Å². The number of hydrogen-bond acceptors (Lipinski definition) is 3. The Morgan fingerprint density at radius 2 is 1.40 bits per heavy atom. The van der Waals surface area contributed by atoms with Crippen molar-refractivity contribution >= 4 is 29.5 Å². The molecule has 2 heterocycles. The molecule has 6 rings (SSSR count). The molecule has 0 spiro atoms. The highest BCUT2D eigenvalue weighted by Crippen LogP contribution is 2.41. The summed E-state index contributed by atoms with van der Waals surface area (Å²) in [6.07, 6.45) is 0. The predicted molar refractivity (Wildman–Crippen MR) is 177 cm³/mol. The number of pyridine rings is 1. The fraction of sp³-hybridized carbons (Fsp3) is 0.270. The number of nitrogens with zero attached hydrogens (tertiary/aromatic N) is 1. The van der Waals surface area contributed by atoms with Gasteiger partial charge in [0.05, 0.1) is 5.60 Å². The van der Waals surface area contributed by atoms with Crippen molar-refractivity contribution in [2.75, 3.05) is 13.1 Å². The SMILES string of the molecule is Cc1cccc2c(=O)[nH]c(-c3ccc(CN4CC(C)(O[Si](c5ccccc5)(c5ccccc5)C(C)(C)C)C4)cc3)cc12. The maximum Gasteiger partial charge on any atom is 0.261 e. The summed E-state index contributed by atoms with van der Waals surface area (Å²) in [6.45, 7) is 14.0. The van der Waals surface area contributed by atoms with Crippen LogP contribution in [0.2, 0.25) is 5.04 Å². The number of rotatable bonds is 7. The molecule has 0 atom stereocenters. The third-order valence-corrected chi connectivity index (χ3v) is 13.9. The number of aromatic amines is 1. The van der Waals surface area contributed by atoms with Crippen LogP contribution in [-0.2, 0) is 11.0 Å². The Kier molecular flexibility index (Phi) is 7.30. The summed E-state index contributed by atoms with van der Waals surface area (Å²) in [6, 6.07) is 38.3. The first-order chi connectivity index (χ1) is 20.1. The molecule has 5 heteroatoms. The lowest BCUT2D eigenvalue weighted by Crippen LogP contribution is -2.74. The van der Waals surface area contributed by atoms with Gasteiger partial charge in [0, 0.05) is 30.7 Å². The Balaban J connectivity index is 1.20. The van der Waals surface area contributed by atoms with Crippen LogP contribution in [0.25, 0.3) is 22.0 Å². The van der Waals surface area contributed by atoms with Crippen LogP contribution >= 0.6 is 0 Å². The summed E-state index contributed by atoms with van der Waals surface area (Å²) in [7, 11) is -2.61. The Bertz CT molecular complexity index is 1710. The van der Waals surface area contributed by atoms with Gasteiger partial charge in [0.2, 0.25) is 0 Å². The van der Waals surface area contributed by atoms with Crippen LogP contribution in [0.15, 0.2) is 114 Å². The highest BCUT2D eigenvalue weighted by Gasteiger charge is 2.55. The number of benzene rings is 4. The average molecular weight is 573 g/mol. The monoisotopic (exact) mass is 572 g/mol. The molecule has 42 heavy (non-hydrogen) atoms. The summed E-state index contributed by atoms with van der Waals surface area (Å²) in [5, 5.41) is 4.33. The zero-order chi connectivity index (χ0) is 29.5. The van der Waals surface area contributed by atoms with Crippen molar-refractivity contribution in [3.05, 3.63) is 131 Å². The molecule has 4 nitrogen and oxygen atoms in total. The lowest BCUT2D eigenvalue weighted by molar-refractivity contribution is -0.0742. The van der Waals surface area contributed by atoms with Gasteiger partial charge in [0.25, 0.3) is 13.9 Å². The maximum atomic E-state index is 12.7. The van der Waals surface area contributed by atoms with E-state index in [9.17, 15) is 4.79 Å². The van der Waals surface area contributed by atoms with Gasteiger partial charge >= 0.3 is 0 Å². The second-order valence-corrected chi connectivity index (χ2v) is 17.3. The number of aromatic nitrogens is 1. The third kappa shape index (κ3) is 5.17. The molecule has 0 radical (unpaired) electrons. The van der Waals surface area contributed by atoms with Crippen molar-refractivity contribution in [2.45, 2.75) is 51.8 Å². The van der Waals surface area contributed by atoms with Crippen LogP contribution in [0, 0.1) is 6.92 Å². The third-order valence-electron chi connectivity index (χ3n) is 8.71. The lowest BCUT2D eigenvalue weighted by atomic mass is 9.96. The van der Waals surface area contributed by atoms with E-state index in [1.54, 1.807) is 0 Å². The molecular weight excluding hydrogens is 533 g/mol. The summed E-state index contributed by atoms with van der Waals surface area (Å²) in [4.78, 5) is 18.3. The van der Waals surface area contributed by atoms with Crippen LogP contribution in [0.1, 0.15) is 38.8 Å². The average Bonchev–Trinajstić information content (AvgIpc) is 2.96. The van der Waals surface area contributed by atoms with Crippen molar-refractivity contribution in [3.8, 4) is 11.3 Å². The molecule has 4 aromatic carbocycles. The fourth-order valence-corrected chi connectivity index (χ4v) is 11.5. The smallest absolute Gasteiger partial charge is 0.261 e. The van der Waals surface area contributed by atoms with Gasteiger partial charge in [0.1, 0.15) is 0 Å². The van der Waals surface area contributed by atoms with E-state index in [4.69, 9.17) is 4.43 Å². The molecular formula is C37H40N2O2Si. The Labute approximate surface area is 250 Å². The summed E-state index contributed by atoms with van der Waals surface area (Å²) >= 11 is 0. The number of likely N-dealkylation sites (tertiary alicyclic amines) is 1. The standard InChI is InChI=1S/C37H40N2O2Si/c1-27-13-12-18-32-33(27)23-34(38-35(32)40)29-21-19-28(20-22-29)24-39-25-37(5,26-39)41-42(36(2,3)4,30-14-8-6-9-15-30)31-16-10-7-11-17-31/h6-23H,24-26H2,1-5H3,(H,38,40). The molecule has 0 bridgehead atoms. The van der Waals surface area contributed by atoms with Crippen LogP contribution in [0.4, 0.5) is 0 Å². The van der Waals surface area contributed by atoms with Crippen molar-refractivity contribution < 1.29 is 4.43 Å². The quantitative estimate of drug-likeness (QED) is 0.222. The fourth-order valence-electron chi connectivity index (χ4n) is 6.74. The number of nitrogens with one attached hydrogen (secondary N) is 1. The Hall–Kier alpha value is -3.77. The van der Waals surface area contributed by atoms with Crippen molar-refractivity contribution in [3.63, 3.8) is 0 Å². The summed E-state index contributed by atoms with van der Waals surface area (Å²) in [5.41, 5.74) is 3.96. The lowest BCUT2D eigenvalue weighted by Gasteiger charge is -2.55. The van der Waals surface area contributed by atoms with Gasteiger partial charge in [-0.25, -0.2) is 0 Å². The van der Waals surface area contributed by atoms with Gasteiger partial charge in [-0.1, -0.05) is 118 Å². The van der Waals surface area contributed by atoms with E-state index < -0.39 is 8.32 Å². The van der Waals surface area contributed by atoms with Crippen LogP contribution in [0.3, 0.4) is 0 Å². The van der Waals surface area contributed by atoms with E-state index in [-0.39, 0.29) is 16.2 Å². The van der Waals surface area contributed by atoms with E-state index in [2.05, 4.69) is 129 Å². The topological polar surface area (TPSA) is 45.3 Å².